The van der Waals surface area contributed by atoms with E-state index in [1.165, 1.54) is 89.9 Å². The van der Waals surface area contributed by atoms with Gasteiger partial charge in [0, 0.05) is 6.42 Å². The number of aliphatic hydroxyl groups excluding tert-OH is 1. The normalized spacial score (nSPS) is 15.0. The number of aliphatic hydroxyl groups is 1. The fourth-order valence-electron chi connectivity index (χ4n) is 4.86. The molecule has 0 aromatic heterocycles. The lowest BCUT2D eigenvalue weighted by molar-refractivity contribution is -0.870. The molecular weight excluding hydrogens is 563 g/mol. The third-order valence-corrected chi connectivity index (χ3v) is 8.71. The minimum Gasteiger partial charge on any atom is -0.756 e. The van der Waals surface area contributed by atoms with E-state index in [-0.39, 0.29) is 19.1 Å². The third-order valence-electron chi connectivity index (χ3n) is 7.75. The van der Waals surface area contributed by atoms with E-state index in [0.717, 1.165) is 38.5 Å². The molecular formula is C34H69N2O6P. The van der Waals surface area contributed by atoms with Crippen molar-refractivity contribution >= 4 is 13.7 Å². The Balaban J connectivity index is 4.45. The third kappa shape index (κ3) is 29.7. The number of hydrogen-bond donors (Lipinski definition) is 2. The van der Waals surface area contributed by atoms with Gasteiger partial charge in [0.25, 0.3) is 7.82 Å². The fourth-order valence-corrected chi connectivity index (χ4v) is 5.58. The summed E-state index contributed by atoms with van der Waals surface area (Å²) in [6, 6.07) is -0.875. The minimum atomic E-state index is -4.56. The Hall–Kier alpha value is -0.760. The quantitative estimate of drug-likeness (QED) is 0.0349. The molecule has 0 aromatic rings. The van der Waals surface area contributed by atoms with E-state index in [2.05, 4.69) is 19.2 Å². The predicted molar refractivity (Wildman–Crippen MR) is 178 cm³/mol. The number of carbonyl (C=O) groups excluding carboxylic acids is 1. The fraction of sp³-hybridized carbons (Fsp3) is 0.912. The summed E-state index contributed by atoms with van der Waals surface area (Å²) in [5.74, 6) is -0.203. The van der Waals surface area contributed by atoms with Gasteiger partial charge < -0.3 is 28.8 Å². The molecule has 43 heavy (non-hydrogen) atoms. The van der Waals surface area contributed by atoms with Gasteiger partial charge in [-0.15, -0.1) is 0 Å². The Bertz CT molecular complexity index is 728. The largest absolute Gasteiger partial charge is 0.756 e. The highest BCUT2D eigenvalue weighted by molar-refractivity contribution is 7.45. The smallest absolute Gasteiger partial charge is 0.268 e. The zero-order valence-corrected chi connectivity index (χ0v) is 29.6. The molecule has 0 bridgehead atoms. The standard InChI is InChI=1S/C34H69N2O6P/c1-6-8-10-12-14-15-16-17-18-19-20-22-24-26-28-34(38)35-32(33(37)27-25-23-21-13-11-9-7-2)31-42-43(39,40)41-30-29-36(3,4)5/h25,27,32-33,37H,6-24,26,28-31H2,1-5H3,(H-,35,38,39,40)/b27-25+. The number of amides is 1. The van der Waals surface area contributed by atoms with E-state index in [0.29, 0.717) is 17.4 Å². The van der Waals surface area contributed by atoms with Crippen molar-refractivity contribution in [3.8, 4) is 0 Å². The molecule has 8 nitrogen and oxygen atoms in total. The number of rotatable bonds is 31. The van der Waals surface area contributed by atoms with Crippen LogP contribution in [0.25, 0.3) is 0 Å². The van der Waals surface area contributed by atoms with Crippen LogP contribution >= 0.6 is 7.82 Å². The van der Waals surface area contributed by atoms with E-state index >= 15 is 0 Å². The van der Waals surface area contributed by atoms with Crippen LogP contribution in [0.15, 0.2) is 12.2 Å². The zero-order chi connectivity index (χ0) is 32.2. The lowest BCUT2D eigenvalue weighted by atomic mass is 10.0. The summed E-state index contributed by atoms with van der Waals surface area (Å²) >= 11 is 0. The van der Waals surface area contributed by atoms with E-state index < -0.39 is 20.0 Å². The monoisotopic (exact) mass is 632 g/mol. The molecule has 0 aromatic carbocycles. The van der Waals surface area contributed by atoms with Gasteiger partial charge in [-0.1, -0.05) is 135 Å². The minimum absolute atomic E-state index is 0.000909. The SMILES string of the molecule is CCCCCCC/C=C/C(O)C(COP(=O)([O-])OCC[N+](C)(C)C)NC(=O)CCCCCCCCCCCCCCCC. The van der Waals surface area contributed by atoms with Gasteiger partial charge in [0.2, 0.25) is 5.91 Å². The molecule has 0 heterocycles. The van der Waals surface area contributed by atoms with E-state index in [1.807, 2.05) is 27.2 Å². The summed E-state index contributed by atoms with van der Waals surface area (Å²) in [6.07, 6.45) is 26.9. The molecule has 0 spiro atoms. The Labute approximate surface area is 265 Å². The molecule has 3 unspecified atom stereocenters. The lowest BCUT2D eigenvalue weighted by Crippen LogP contribution is -2.45. The van der Waals surface area contributed by atoms with Gasteiger partial charge in [-0.05, 0) is 19.3 Å². The van der Waals surface area contributed by atoms with Crippen LogP contribution in [0, 0.1) is 0 Å². The topological polar surface area (TPSA) is 108 Å². The van der Waals surface area contributed by atoms with Gasteiger partial charge in [-0.2, -0.15) is 0 Å². The average Bonchev–Trinajstić information content (AvgIpc) is 2.94. The molecule has 0 fully saturated rings. The number of carbonyl (C=O) groups is 1. The maximum absolute atomic E-state index is 12.7. The van der Waals surface area contributed by atoms with Crippen LogP contribution in [0.2, 0.25) is 0 Å². The summed E-state index contributed by atoms with van der Waals surface area (Å²) in [5.41, 5.74) is 0. The summed E-state index contributed by atoms with van der Waals surface area (Å²) in [5, 5.41) is 13.6. The number of hydrogen-bond acceptors (Lipinski definition) is 6. The first-order valence-corrected chi connectivity index (χ1v) is 19.0. The van der Waals surface area contributed by atoms with Gasteiger partial charge in [-0.3, -0.25) is 9.36 Å². The van der Waals surface area contributed by atoms with Crippen molar-refractivity contribution in [1.29, 1.82) is 0 Å². The number of nitrogens with zero attached hydrogens (tertiary/aromatic N) is 1. The molecule has 0 radical (unpaired) electrons. The molecule has 0 aliphatic rings. The molecule has 3 atom stereocenters. The van der Waals surface area contributed by atoms with Crippen LogP contribution in [-0.2, 0) is 18.4 Å². The lowest BCUT2D eigenvalue weighted by Gasteiger charge is -2.29. The molecule has 2 N–H and O–H groups in total. The van der Waals surface area contributed by atoms with Crippen LogP contribution in [-0.4, -0.2) is 68.5 Å². The van der Waals surface area contributed by atoms with Crippen LogP contribution < -0.4 is 10.2 Å². The van der Waals surface area contributed by atoms with Gasteiger partial charge in [0.1, 0.15) is 13.2 Å². The molecule has 256 valence electrons. The van der Waals surface area contributed by atoms with Gasteiger partial charge in [-0.25, -0.2) is 0 Å². The van der Waals surface area contributed by atoms with Crippen LogP contribution in [0.3, 0.4) is 0 Å². The van der Waals surface area contributed by atoms with Gasteiger partial charge >= 0.3 is 0 Å². The highest BCUT2D eigenvalue weighted by atomic mass is 31.2. The number of nitrogens with one attached hydrogen (secondary N) is 1. The Morgan fingerprint density at radius 3 is 1.74 bits per heavy atom. The number of quaternary nitrogens is 1. The van der Waals surface area contributed by atoms with Gasteiger partial charge in [0.15, 0.2) is 0 Å². The Kier molecular flexibility index (Phi) is 27.1. The van der Waals surface area contributed by atoms with Crippen molar-refractivity contribution in [2.45, 2.75) is 161 Å². The van der Waals surface area contributed by atoms with Crippen molar-refractivity contribution in [2.75, 3.05) is 40.9 Å². The molecule has 0 saturated heterocycles. The van der Waals surface area contributed by atoms with Crippen molar-refractivity contribution in [1.82, 2.24) is 5.32 Å². The van der Waals surface area contributed by atoms with Crippen molar-refractivity contribution < 1.29 is 32.9 Å². The molecule has 9 heteroatoms. The Morgan fingerprint density at radius 2 is 1.26 bits per heavy atom. The van der Waals surface area contributed by atoms with Crippen LogP contribution in [0.1, 0.15) is 149 Å². The maximum atomic E-state index is 12.7. The zero-order valence-electron chi connectivity index (χ0n) is 28.7. The first-order chi connectivity index (χ1) is 20.5. The van der Waals surface area contributed by atoms with Crippen molar-refractivity contribution in [3.63, 3.8) is 0 Å². The average molecular weight is 633 g/mol. The summed E-state index contributed by atoms with van der Waals surface area (Å²) in [4.78, 5) is 25.0. The van der Waals surface area contributed by atoms with Crippen LogP contribution in [0.4, 0.5) is 0 Å². The summed E-state index contributed by atoms with van der Waals surface area (Å²) in [7, 11) is 1.26. The van der Waals surface area contributed by atoms with Crippen molar-refractivity contribution in [3.05, 3.63) is 12.2 Å². The molecule has 0 rings (SSSR count). The second kappa shape index (κ2) is 27.5. The molecule has 0 saturated carbocycles. The Morgan fingerprint density at radius 1 is 0.791 bits per heavy atom. The highest BCUT2D eigenvalue weighted by Gasteiger charge is 2.23. The van der Waals surface area contributed by atoms with Crippen molar-refractivity contribution in [2.24, 2.45) is 0 Å². The first-order valence-electron chi connectivity index (χ1n) is 17.6. The molecule has 0 aliphatic heterocycles. The molecule has 0 aliphatic carbocycles. The first kappa shape index (κ1) is 42.2. The highest BCUT2D eigenvalue weighted by Crippen LogP contribution is 2.38. The number of allylic oxidation sites excluding steroid dienone is 1. The van der Waals surface area contributed by atoms with E-state index in [4.69, 9.17) is 9.05 Å². The van der Waals surface area contributed by atoms with E-state index in [9.17, 15) is 19.4 Å². The number of phosphoric acid groups is 1. The number of phosphoric ester groups is 1. The van der Waals surface area contributed by atoms with E-state index in [1.54, 1.807) is 6.08 Å². The second-order valence-electron chi connectivity index (χ2n) is 13.2. The number of unbranched alkanes of at least 4 members (excludes halogenated alkanes) is 18. The molecule has 1 amide bonds. The van der Waals surface area contributed by atoms with Gasteiger partial charge in [0.05, 0.1) is 39.9 Å². The maximum Gasteiger partial charge on any atom is 0.268 e. The predicted octanol–water partition coefficient (Wildman–Crippen LogP) is 7.83. The summed E-state index contributed by atoms with van der Waals surface area (Å²) in [6.45, 7) is 4.56. The summed E-state index contributed by atoms with van der Waals surface area (Å²) < 4.78 is 22.9. The number of likely N-dealkylation sites (N-methyl/N-ethyl adjacent to an activating group) is 1. The van der Waals surface area contributed by atoms with Crippen LogP contribution in [0.5, 0.6) is 0 Å². The second-order valence-corrected chi connectivity index (χ2v) is 14.6.